The summed E-state index contributed by atoms with van der Waals surface area (Å²) in [5.74, 6) is 0.770. The van der Waals surface area contributed by atoms with Crippen LogP contribution in [-0.4, -0.2) is 43.5 Å². The Morgan fingerprint density at radius 3 is 2.64 bits per heavy atom. The molecule has 2 amide bonds. The van der Waals surface area contributed by atoms with Crippen LogP contribution in [0.1, 0.15) is 17.5 Å². The lowest BCUT2D eigenvalue weighted by Crippen LogP contribution is -2.36. The van der Waals surface area contributed by atoms with E-state index in [2.05, 4.69) is 11.4 Å². The summed E-state index contributed by atoms with van der Waals surface area (Å²) in [5.41, 5.74) is 2.08. The molecular weight excluding hydrogens is 358 g/mol. The van der Waals surface area contributed by atoms with Crippen LogP contribution in [0.3, 0.4) is 0 Å². The van der Waals surface area contributed by atoms with Gasteiger partial charge in [-0.1, -0.05) is 12.1 Å². The minimum absolute atomic E-state index is 0.0988. The van der Waals surface area contributed by atoms with Crippen molar-refractivity contribution in [1.82, 2.24) is 4.90 Å². The summed E-state index contributed by atoms with van der Waals surface area (Å²) in [4.78, 5) is 26.3. The van der Waals surface area contributed by atoms with E-state index in [9.17, 15) is 9.59 Å². The van der Waals surface area contributed by atoms with Crippen LogP contribution < -0.4 is 14.8 Å². The first kappa shape index (κ1) is 19.2. The summed E-state index contributed by atoms with van der Waals surface area (Å²) in [6.45, 7) is 0.295. The summed E-state index contributed by atoms with van der Waals surface area (Å²) < 4.78 is 10.5. The summed E-state index contributed by atoms with van der Waals surface area (Å²) in [7, 11) is 3.13. The number of benzene rings is 2. The normalized spacial score (nSPS) is 16.0. The molecular formula is C21H21N3O4. The van der Waals surface area contributed by atoms with Crippen LogP contribution in [0.2, 0.25) is 0 Å². The second kappa shape index (κ2) is 8.44. The van der Waals surface area contributed by atoms with Crippen molar-refractivity contribution in [2.24, 2.45) is 0 Å². The van der Waals surface area contributed by atoms with Gasteiger partial charge in [-0.05, 0) is 42.3 Å². The van der Waals surface area contributed by atoms with Gasteiger partial charge in [0.05, 0.1) is 32.3 Å². The molecule has 1 fully saturated rings. The van der Waals surface area contributed by atoms with Crippen molar-refractivity contribution in [3.63, 3.8) is 0 Å². The van der Waals surface area contributed by atoms with E-state index in [4.69, 9.17) is 14.7 Å². The van der Waals surface area contributed by atoms with Crippen LogP contribution >= 0.6 is 0 Å². The molecule has 7 nitrogen and oxygen atoms in total. The molecule has 1 aliphatic rings. The van der Waals surface area contributed by atoms with Crippen molar-refractivity contribution >= 4 is 17.5 Å². The molecule has 2 aromatic rings. The van der Waals surface area contributed by atoms with Crippen molar-refractivity contribution in [3.05, 3.63) is 53.6 Å². The van der Waals surface area contributed by atoms with E-state index in [0.29, 0.717) is 35.7 Å². The molecule has 1 atom stereocenters. The topological polar surface area (TPSA) is 91.7 Å². The van der Waals surface area contributed by atoms with Gasteiger partial charge in [0.2, 0.25) is 5.91 Å². The predicted octanol–water partition coefficient (Wildman–Crippen LogP) is 2.36. The Bertz CT molecular complexity index is 935. The van der Waals surface area contributed by atoms with E-state index in [-0.39, 0.29) is 18.2 Å². The number of nitrogens with zero attached hydrogens (tertiary/aromatic N) is 2. The first-order valence-corrected chi connectivity index (χ1v) is 8.87. The van der Waals surface area contributed by atoms with E-state index in [1.165, 1.54) is 4.90 Å². The molecule has 144 valence electrons. The zero-order chi connectivity index (χ0) is 20.1. The molecule has 1 saturated heterocycles. The number of amides is 2. The number of likely N-dealkylation sites (tertiary alicyclic amines) is 1. The molecule has 0 aliphatic carbocycles. The van der Waals surface area contributed by atoms with Gasteiger partial charge in [-0.25, -0.2) is 0 Å². The number of rotatable bonds is 7. The second-order valence-corrected chi connectivity index (χ2v) is 6.42. The van der Waals surface area contributed by atoms with Gasteiger partial charge >= 0.3 is 0 Å². The molecule has 3 rings (SSSR count). The Morgan fingerprint density at radius 2 is 1.93 bits per heavy atom. The summed E-state index contributed by atoms with van der Waals surface area (Å²) >= 11 is 0. The summed E-state index contributed by atoms with van der Waals surface area (Å²) in [5, 5.41) is 12.0. The largest absolute Gasteiger partial charge is 0.493 e. The maximum atomic E-state index is 12.7. The predicted molar refractivity (Wildman–Crippen MR) is 103 cm³/mol. The zero-order valence-electron chi connectivity index (χ0n) is 15.8. The van der Waals surface area contributed by atoms with Gasteiger partial charge in [0.1, 0.15) is 6.04 Å². The first-order chi connectivity index (χ1) is 13.5. The number of anilines is 1. The fourth-order valence-electron chi connectivity index (χ4n) is 3.19. The molecule has 0 spiro atoms. The Kier molecular flexibility index (Phi) is 5.80. The van der Waals surface area contributed by atoms with Crippen LogP contribution in [0.5, 0.6) is 11.5 Å². The fourth-order valence-corrected chi connectivity index (χ4v) is 3.19. The minimum Gasteiger partial charge on any atom is -0.493 e. The van der Waals surface area contributed by atoms with Crippen LogP contribution in [0.4, 0.5) is 5.69 Å². The van der Waals surface area contributed by atoms with E-state index >= 15 is 0 Å². The Morgan fingerprint density at radius 1 is 1.14 bits per heavy atom. The van der Waals surface area contributed by atoms with Gasteiger partial charge in [-0.2, -0.15) is 5.26 Å². The van der Waals surface area contributed by atoms with Crippen molar-refractivity contribution in [3.8, 4) is 17.6 Å². The third kappa shape index (κ3) is 4.07. The van der Waals surface area contributed by atoms with Crippen LogP contribution in [-0.2, 0) is 16.0 Å². The Hall–Kier alpha value is -3.53. The van der Waals surface area contributed by atoms with Crippen molar-refractivity contribution in [2.75, 3.05) is 26.1 Å². The van der Waals surface area contributed by atoms with Gasteiger partial charge in [-0.3, -0.25) is 14.5 Å². The molecule has 0 aromatic heterocycles. The lowest BCUT2D eigenvalue weighted by molar-refractivity contribution is -0.138. The highest BCUT2D eigenvalue weighted by molar-refractivity contribution is 6.06. The van der Waals surface area contributed by atoms with Gasteiger partial charge in [0.25, 0.3) is 5.91 Å². The third-order valence-corrected chi connectivity index (χ3v) is 4.65. The maximum Gasteiger partial charge on any atom is 0.252 e. The smallest absolute Gasteiger partial charge is 0.252 e. The van der Waals surface area contributed by atoms with Gasteiger partial charge < -0.3 is 14.8 Å². The molecule has 1 aliphatic heterocycles. The number of hydrogen-bond acceptors (Lipinski definition) is 6. The molecule has 1 heterocycles. The standard InChI is InChI=1S/C21H21N3O4/c1-27-18-7-6-14(11-19(18)28-2)8-9-24-20(25)12-17(21(24)26)23-16-5-3-4-15(10-16)13-22/h3-7,10-11,17,23H,8-9,12H2,1-2H3. The summed E-state index contributed by atoms with van der Waals surface area (Å²) in [6, 6.07) is 13.8. The van der Waals surface area contributed by atoms with Crippen molar-refractivity contribution in [1.29, 1.82) is 5.26 Å². The maximum absolute atomic E-state index is 12.7. The molecule has 2 aromatic carbocycles. The molecule has 1 unspecified atom stereocenters. The first-order valence-electron chi connectivity index (χ1n) is 8.87. The number of carbonyl (C=O) groups is 2. The highest BCUT2D eigenvalue weighted by atomic mass is 16.5. The number of hydrogen-bond donors (Lipinski definition) is 1. The zero-order valence-corrected chi connectivity index (χ0v) is 15.8. The highest BCUT2D eigenvalue weighted by Crippen LogP contribution is 2.28. The van der Waals surface area contributed by atoms with Gasteiger partial charge in [0, 0.05) is 12.2 Å². The molecule has 0 radical (unpaired) electrons. The van der Waals surface area contributed by atoms with Gasteiger partial charge in [-0.15, -0.1) is 0 Å². The SMILES string of the molecule is COc1ccc(CCN2C(=O)CC(Nc3cccc(C#N)c3)C2=O)cc1OC. The number of methoxy groups -OCH3 is 2. The Labute approximate surface area is 163 Å². The van der Waals surface area contributed by atoms with Crippen LogP contribution in [0.25, 0.3) is 0 Å². The lowest BCUT2D eigenvalue weighted by Gasteiger charge is -2.16. The Balaban J connectivity index is 1.64. The van der Waals surface area contributed by atoms with Gasteiger partial charge in [0.15, 0.2) is 11.5 Å². The van der Waals surface area contributed by atoms with Crippen molar-refractivity contribution < 1.29 is 19.1 Å². The monoisotopic (exact) mass is 379 g/mol. The second-order valence-electron chi connectivity index (χ2n) is 6.42. The molecule has 0 saturated carbocycles. The summed E-state index contributed by atoms with van der Waals surface area (Å²) in [6.07, 6.45) is 0.621. The van der Waals surface area contributed by atoms with Crippen LogP contribution in [0.15, 0.2) is 42.5 Å². The molecule has 28 heavy (non-hydrogen) atoms. The number of carbonyl (C=O) groups excluding carboxylic acids is 2. The van der Waals surface area contributed by atoms with E-state index in [1.54, 1.807) is 44.6 Å². The average molecular weight is 379 g/mol. The quantitative estimate of drug-likeness (QED) is 0.743. The number of ether oxygens (including phenoxy) is 2. The number of imide groups is 1. The molecule has 1 N–H and O–H groups in total. The van der Waals surface area contributed by atoms with E-state index < -0.39 is 6.04 Å². The highest BCUT2D eigenvalue weighted by Gasteiger charge is 2.38. The van der Waals surface area contributed by atoms with E-state index in [0.717, 1.165) is 5.56 Å². The number of nitriles is 1. The average Bonchev–Trinajstić information content (AvgIpc) is 2.98. The minimum atomic E-state index is -0.619. The molecule has 0 bridgehead atoms. The third-order valence-electron chi connectivity index (χ3n) is 4.65. The number of nitrogens with one attached hydrogen (secondary N) is 1. The van der Waals surface area contributed by atoms with Crippen LogP contribution in [0, 0.1) is 11.3 Å². The lowest BCUT2D eigenvalue weighted by atomic mass is 10.1. The fraction of sp³-hybridized carbons (Fsp3) is 0.286. The van der Waals surface area contributed by atoms with E-state index in [1.807, 2.05) is 12.1 Å². The molecule has 7 heteroatoms. The van der Waals surface area contributed by atoms with Crippen molar-refractivity contribution in [2.45, 2.75) is 18.9 Å².